The molecule has 0 aromatic heterocycles. The van der Waals surface area contributed by atoms with Gasteiger partial charge in [0.05, 0.1) is 44.2 Å². The van der Waals surface area contributed by atoms with Gasteiger partial charge in [-0.3, -0.25) is 29.4 Å². The zero-order valence-corrected chi connectivity index (χ0v) is 17.6. The van der Waals surface area contributed by atoms with Gasteiger partial charge < -0.3 is 19.9 Å². The third-order valence-electron chi connectivity index (χ3n) is 4.85. The molecule has 1 fully saturated rings. The number of carbonyl (C=O) groups is 4. The Morgan fingerprint density at radius 2 is 1.66 bits per heavy atom. The van der Waals surface area contributed by atoms with Crippen molar-refractivity contribution in [2.45, 2.75) is 18.9 Å². The first-order valence-electron chi connectivity index (χ1n) is 10.3. The van der Waals surface area contributed by atoms with Gasteiger partial charge in [-0.2, -0.15) is 0 Å². The van der Waals surface area contributed by atoms with Gasteiger partial charge in [0, 0.05) is 18.5 Å². The van der Waals surface area contributed by atoms with Crippen molar-refractivity contribution in [3.8, 4) is 11.8 Å². The van der Waals surface area contributed by atoms with Crippen molar-refractivity contribution < 1.29 is 33.4 Å². The second-order valence-electron chi connectivity index (χ2n) is 7.08. The molecular formula is C22H25N3O7. The smallest absolute Gasteiger partial charge is 0.262 e. The lowest BCUT2D eigenvalue weighted by Crippen LogP contribution is -2.54. The Morgan fingerprint density at radius 3 is 2.38 bits per heavy atom. The number of imide groups is 2. The SMILES string of the molecule is NCCOCCOCCOCC#Cc1ccc2c(c1)C(=O)N(C1CCC(=O)NC1=O)C2=O. The summed E-state index contributed by atoms with van der Waals surface area (Å²) in [6, 6.07) is 3.69. The minimum absolute atomic E-state index is 0.0770. The minimum Gasteiger partial charge on any atom is -0.378 e. The Kier molecular flexibility index (Phi) is 8.47. The lowest BCUT2D eigenvalue weighted by atomic mass is 10.0. The van der Waals surface area contributed by atoms with E-state index < -0.39 is 29.7 Å². The van der Waals surface area contributed by atoms with E-state index in [0.29, 0.717) is 45.1 Å². The molecule has 32 heavy (non-hydrogen) atoms. The number of nitrogens with two attached hydrogens (primary N) is 1. The third-order valence-corrected chi connectivity index (χ3v) is 4.85. The fourth-order valence-electron chi connectivity index (χ4n) is 3.33. The first kappa shape index (κ1) is 23.6. The average molecular weight is 443 g/mol. The first-order valence-corrected chi connectivity index (χ1v) is 10.3. The predicted molar refractivity (Wildman–Crippen MR) is 112 cm³/mol. The highest BCUT2D eigenvalue weighted by atomic mass is 16.5. The number of hydrogen-bond donors (Lipinski definition) is 2. The van der Waals surface area contributed by atoms with E-state index >= 15 is 0 Å². The number of benzene rings is 1. The summed E-state index contributed by atoms with van der Waals surface area (Å²) in [5.41, 5.74) is 6.27. The van der Waals surface area contributed by atoms with Gasteiger partial charge in [0.15, 0.2) is 0 Å². The summed E-state index contributed by atoms with van der Waals surface area (Å²) in [4.78, 5) is 49.8. The van der Waals surface area contributed by atoms with Crippen LogP contribution in [0.2, 0.25) is 0 Å². The molecule has 1 atom stereocenters. The molecule has 3 rings (SSSR count). The molecule has 3 N–H and O–H groups in total. The van der Waals surface area contributed by atoms with Crippen molar-refractivity contribution in [1.29, 1.82) is 0 Å². The van der Waals surface area contributed by atoms with Crippen LogP contribution in [0.15, 0.2) is 18.2 Å². The second-order valence-corrected chi connectivity index (χ2v) is 7.08. The number of hydrogen-bond acceptors (Lipinski definition) is 8. The van der Waals surface area contributed by atoms with E-state index in [1.807, 2.05) is 0 Å². The molecule has 4 amide bonds. The lowest BCUT2D eigenvalue weighted by molar-refractivity contribution is -0.136. The Hall–Kier alpha value is -3.10. The van der Waals surface area contributed by atoms with E-state index in [4.69, 9.17) is 19.9 Å². The number of ether oxygens (including phenoxy) is 3. The fourth-order valence-corrected chi connectivity index (χ4v) is 3.33. The van der Waals surface area contributed by atoms with E-state index in [0.717, 1.165) is 4.90 Å². The molecule has 10 nitrogen and oxygen atoms in total. The molecule has 2 heterocycles. The van der Waals surface area contributed by atoms with Gasteiger partial charge in [-0.05, 0) is 24.6 Å². The van der Waals surface area contributed by atoms with Gasteiger partial charge in [0.25, 0.3) is 11.8 Å². The van der Waals surface area contributed by atoms with Crippen LogP contribution >= 0.6 is 0 Å². The zero-order valence-electron chi connectivity index (χ0n) is 17.6. The van der Waals surface area contributed by atoms with E-state index in [1.54, 1.807) is 6.07 Å². The molecule has 1 aromatic carbocycles. The predicted octanol–water partition coefficient (Wildman–Crippen LogP) is -0.552. The number of carbonyl (C=O) groups excluding carboxylic acids is 4. The molecule has 0 radical (unpaired) electrons. The van der Waals surface area contributed by atoms with Crippen LogP contribution in [0.25, 0.3) is 0 Å². The van der Waals surface area contributed by atoms with E-state index in [1.165, 1.54) is 12.1 Å². The van der Waals surface area contributed by atoms with Crippen LogP contribution in [0, 0.1) is 11.8 Å². The van der Waals surface area contributed by atoms with Crippen molar-refractivity contribution in [1.82, 2.24) is 10.2 Å². The van der Waals surface area contributed by atoms with Crippen LogP contribution in [0.3, 0.4) is 0 Å². The van der Waals surface area contributed by atoms with Crippen LogP contribution in [-0.4, -0.2) is 80.8 Å². The highest BCUT2D eigenvalue weighted by Gasteiger charge is 2.44. The summed E-state index contributed by atoms with van der Waals surface area (Å²) >= 11 is 0. The maximum Gasteiger partial charge on any atom is 0.262 e. The fraction of sp³-hybridized carbons (Fsp3) is 0.455. The maximum atomic E-state index is 12.8. The van der Waals surface area contributed by atoms with Gasteiger partial charge in [-0.15, -0.1) is 0 Å². The summed E-state index contributed by atoms with van der Waals surface area (Å²) in [6.45, 7) is 2.91. The van der Waals surface area contributed by atoms with Crippen LogP contribution in [0.5, 0.6) is 0 Å². The molecule has 0 spiro atoms. The lowest BCUT2D eigenvalue weighted by Gasteiger charge is -2.27. The number of rotatable bonds is 10. The summed E-state index contributed by atoms with van der Waals surface area (Å²) in [6.07, 6.45) is 0.193. The Bertz CT molecular complexity index is 951. The van der Waals surface area contributed by atoms with Gasteiger partial charge >= 0.3 is 0 Å². The van der Waals surface area contributed by atoms with Crippen molar-refractivity contribution in [2.75, 3.05) is 46.2 Å². The first-order chi connectivity index (χ1) is 15.5. The summed E-state index contributed by atoms with van der Waals surface area (Å²) in [5, 5.41) is 2.17. The maximum absolute atomic E-state index is 12.8. The van der Waals surface area contributed by atoms with Crippen molar-refractivity contribution in [2.24, 2.45) is 5.73 Å². The summed E-state index contributed by atoms with van der Waals surface area (Å²) in [7, 11) is 0. The molecule has 170 valence electrons. The minimum atomic E-state index is -0.988. The summed E-state index contributed by atoms with van der Waals surface area (Å²) in [5.74, 6) is 3.58. The molecule has 1 aromatic rings. The normalized spacial score (nSPS) is 17.8. The van der Waals surface area contributed by atoms with Gasteiger partial charge in [0.2, 0.25) is 11.8 Å². The van der Waals surface area contributed by atoms with Crippen molar-refractivity contribution in [3.63, 3.8) is 0 Å². The zero-order chi connectivity index (χ0) is 22.9. The molecule has 1 saturated heterocycles. The molecule has 0 aliphatic carbocycles. The molecule has 0 saturated carbocycles. The molecular weight excluding hydrogens is 418 g/mol. The standard InChI is InChI=1S/C22H25N3O7/c23-7-9-31-11-13-32-12-10-30-8-1-2-15-3-4-16-17(14-15)22(29)25(21(16)28)18-5-6-19(26)24-20(18)27/h3-4,14,18H,5-13,23H2,(H,24,26,27). The highest BCUT2D eigenvalue weighted by molar-refractivity contribution is 6.23. The monoisotopic (exact) mass is 443 g/mol. The van der Waals surface area contributed by atoms with E-state index in [2.05, 4.69) is 17.2 Å². The Balaban J connectivity index is 1.49. The largest absolute Gasteiger partial charge is 0.378 e. The van der Waals surface area contributed by atoms with Crippen LogP contribution in [0.4, 0.5) is 0 Å². The second kappa shape index (κ2) is 11.5. The van der Waals surface area contributed by atoms with Crippen molar-refractivity contribution in [3.05, 3.63) is 34.9 Å². The number of nitrogens with zero attached hydrogens (tertiary/aromatic N) is 1. The van der Waals surface area contributed by atoms with E-state index in [9.17, 15) is 19.2 Å². The number of nitrogens with one attached hydrogen (secondary N) is 1. The number of fused-ring (bicyclic) bond motifs is 1. The highest BCUT2D eigenvalue weighted by Crippen LogP contribution is 2.28. The average Bonchev–Trinajstić information content (AvgIpc) is 3.02. The van der Waals surface area contributed by atoms with Crippen LogP contribution in [0.1, 0.15) is 39.1 Å². The molecule has 1 unspecified atom stereocenters. The van der Waals surface area contributed by atoms with Gasteiger partial charge in [-0.1, -0.05) is 11.8 Å². The van der Waals surface area contributed by atoms with Crippen molar-refractivity contribution >= 4 is 23.6 Å². The molecule has 2 aliphatic rings. The number of amides is 4. The molecule has 2 aliphatic heterocycles. The topological polar surface area (TPSA) is 137 Å². The van der Waals surface area contributed by atoms with Gasteiger partial charge in [-0.25, -0.2) is 0 Å². The van der Waals surface area contributed by atoms with Crippen LogP contribution in [-0.2, 0) is 23.8 Å². The third kappa shape index (κ3) is 5.77. The van der Waals surface area contributed by atoms with Crippen LogP contribution < -0.4 is 11.1 Å². The summed E-state index contributed by atoms with van der Waals surface area (Å²) < 4.78 is 15.9. The Labute approximate surface area is 185 Å². The van der Waals surface area contributed by atoms with E-state index in [-0.39, 0.29) is 30.6 Å². The molecule has 10 heteroatoms. The van der Waals surface area contributed by atoms with Gasteiger partial charge in [0.1, 0.15) is 12.6 Å². The Morgan fingerprint density at radius 1 is 0.969 bits per heavy atom. The number of piperidine rings is 1. The quantitative estimate of drug-likeness (QED) is 0.279. The molecule has 0 bridgehead atoms.